The number of hydrogen-bond acceptors (Lipinski definition) is 7. The molecule has 1 unspecified atom stereocenters. The highest BCUT2D eigenvalue weighted by molar-refractivity contribution is 6.00. The van der Waals surface area contributed by atoms with Gasteiger partial charge < -0.3 is 15.7 Å². The fourth-order valence-electron chi connectivity index (χ4n) is 3.31. The molecule has 10 heteroatoms. The minimum atomic E-state index is -1.66. The highest BCUT2D eigenvalue weighted by Gasteiger charge is 2.44. The molecule has 0 spiro atoms. The lowest BCUT2D eigenvalue weighted by molar-refractivity contribution is -0.00177. The standard InChI is InChI=1S/C23H22FN7O2/c1-22(2,33)20(24)12-28-21(32)16-11-27-18(8-17(16)30-23(13-26)5-6-23)19-4-3-15-7-14(9-25)10-29-31(15)19/h3-4,7-8,10-11,20,33H,5-6,12H2,1-2H3,(H,27,30)(H,28,32). The second-order valence-corrected chi connectivity index (χ2v) is 8.68. The Labute approximate surface area is 189 Å². The number of carbonyl (C=O) groups excluding carboxylic acids is 1. The number of nitrogens with one attached hydrogen (secondary N) is 2. The monoisotopic (exact) mass is 447 g/mol. The first-order chi connectivity index (χ1) is 15.7. The first kappa shape index (κ1) is 22.2. The van der Waals surface area contributed by atoms with Crippen molar-refractivity contribution in [2.75, 3.05) is 11.9 Å². The van der Waals surface area contributed by atoms with E-state index < -0.39 is 23.2 Å². The number of anilines is 1. The number of halogens is 1. The van der Waals surface area contributed by atoms with E-state index in [0.29, 0.717) is 41.0 Å². The number of rotatable bonds is 7. The number of nitriles is 2. The Hall–Kier alpha value is -4.02. The van der Waals surface area contributed by atoms with E-state index in [4.69, 9.17) is 5.26 Å². The summed E-state index contributed by atoms with van der Waals surface area (Å²) in [5, 5.41) is 38.3. The fraction of sp³-hybridized carbons (Fsp3) is 0.348. The quantitative estimate of drug-likeness (QED) is 0.506. The molecule has 1 amide bonds. The Bertz CT molecular complexity index is 1310. The average molecular weight is 447 g/mol. The number of aliphatic hydroxyl groups is 1. The minimum absolute atomic E-state index is 0.156. The van der Waals surface area contributed by atoms with Crippen molar-refractivity contribution in [1.29, 1.82) is 10.5 Å². The maximum Gasteiger partial charge on any atom is 0.255 e. The van der Waals surface area contributed by atoms with Gasteiger partial charge in [-0.2, -0.15) is 15.6 Å². The molecule has 1 fully saturated rings. The lowest BCUT2D eigenvalue weighted by atomic mass is 10.0. The van der Waals surface area contributed by atoms with Crippen molar-refractivity contribution in [3.8, 4) is 23.5 Å². The number of alkyl halides is 1. The summed E-state index contributed by atoms with van der Waals surface area (Å²) < 4.78 is 15.7. The van der Waals surface area contributed by atoms with Gasteiger partial charge in [0.25, 0.3) is 5.91 Å². The van der Waals surface area contributed by atoms with Crippen molar-refractivity contribution in [2.24, 2.45) is 0 Å². The molecule has 33 heavy (non-hydrogen) atoms. The van der Waals surface area contributed by atoms with E-state index in [-0.39, 0.29) is 12.1 Å². The number of fused-ring (bicyclic) bond motifs is 1. The first-order valence-corrected chi connectivity index (χ1v) is 10.4. The molecule has 0 aliphatic heterocycles. The number of aromatic nitrogens is 3. The zero-order valence-corrected chi connectivity index (χ0v) is 18.1. The third-order valence-corrected chi connectivity index (χ3v) is 5.59. The molecule has 3 N–H and O–H groups in total. The van der Waals surface area contributed by atoms with Crippen molar-refractivity contribution < 1.29 is 14.3 Å². The molecule has 9 nitrogen and oxygen atoms in total. The largest absolute Gasteiger partial charge is 0.387 e. The second kappa shape index (κ2) is 8.15. The van der Waals surface area contributed by atoms with Crippen LogP contribution in [0.25, 0.3) is 16.9 Å². The molecule has 3 aromatic rings. The maximum atomic E-state index is 14.1. The van der Waals surface area contributed by atoms with Crippen molar-refractivity contribution >= 4 is 17.1 Å². The summed E-state index contributed by atoms with van der Waals surface area (Å²) >= 11 is 0. The van der Waals surface area contributed by atoms with Crippen LogP contribution in [-0.2, 0) is 0 Å². The molecule has 3 heterocycles. The first-order valence-electron chi connectivity index (χ1n) is 10.4. The van der Waals surface area contributed by atoms with Crippen LogP contribution in [0.5, 0.6) is 0 Å². The zero-order valence-electron chi connectivity index (χ0n) is 18.1. The number of amides is 1. The fourth-order valence-corrected chi connectivity index (χ4v) is 3.31. The molecule has 0 radical (unpaired) electrons. The lowest BCUT2D eigenvalue weighted by Gasteiger charge is -2.23. The third kappa shape index (κ3) is 4.47. The summed E-state index contributed by atoms with van der Waals surface area (Å²) in [7, 11) is 0. The molecule has 1 aliphatic carbocycles. The molecule has 1 saturated carbocycles. The van der Waals surface area contributed by atoms with Crippen LogP contribution in [0, 0.1) is 22.7 Å². The summed E-state index contributed by atoms with van der Waals surface area (Å²) in [5.74, 6) is -0.575. The van der Waals surface area contributed by atoms with Crippen molar-refractivity contribution in [1.82, 2.24) is 19.9 Å². The molecular weight excluding hydrogens is 425 g/mol. The van der Waals surface area contributed by atoms with Crippen LogP contribution in [-0.4, -0.2) is 49.5 Å². The topological polar surface area (TPSA) is 139 Å². The zero-order chi connectivity index (χ0) is 23.8. The van der Waals surface area contributed by atoms with Gasteiger partial charge in [0, 0.05) is 6.20 Å². The second-order valence-electron chi connectivity index (χ2n) is 8.68. The van der Waals surface area contributed by atoms with Gasteiger partial charge in [0.05, 0.1) is 58.1 Å². The molecular formula is C23H22FN7O2. The van der Waals surface area contributed by atoms with E-state index in [0.717, 1.165) is 0 Å². The van der Waals surface area contributed by atoms with Crippen LogP contribution in [0.3, 0.4) is 0 Å². The van der Waals surface area contributed by atoms with Crippen molar-refractivity contribution in [2.45, 2.75) is 44.0 Å². The molecule has 1 aliphatic rings. The highest BCUT2D eigenvalue weighted by atomic mass is 19.1. The number of nitrogens with zero attached hydrogens (tertiary/aromatic N) is 5. The van der Waals surface area contributed by atoms with E-state index in [1.165, 1.54) is 26.2 Å². The Morgan fingerprint density at radius 2 is 2.09 bits per heavy atom. The Balaban J connectivity index is 1.68. The van der Waals surface area contributed by atoms with E-state index >= 15 is 0 Å². The summed E-state index contributed by atoms with van der Waals surface area (Å²) in [6, 6.07) is 11.2. The van der Waals surface area contributed by atoms with E-state index in [9.17, 15) is 19.6 Å². The van der Waals surface area contributed by atoms with Gasteiger partial charge in [-0.15, -0.1) is 0 Å². The minimum Gasteiger partial charge on any atom is -0.387 e. The Morgan fingerprint density at radius 1 is 1.33 bits per heavy atom. The SMILES string of the molecule is CC(C)(O)C(F)CNC(=O)c1cnc(-c2ccc3cc(C#N)cnn23)cc1NC1(C#N)CC1. The molecule has 0 bridgehead atoms. The van der Waals surface area contributed by atoms with Crippen molar-refractivity contribution in [3.05, 3.63) is 47.8 Å². The number of pyridine rings is 1. The van der Waals surface area contributed by atoms with Gasteiger partial charge in [0.15, 0.2) is 0 Å². The van der Waals surface area contributed by atoms with Crippen LogP contribution in [0.2, 0.25) is 0 Å². The molecule has 3 aromatic heterocycles. The number of carbonyl (C=O) groups is 1. The van der Waals surface area contributed by atoms with Crippen LogP contribution in [0.1, 0.15) is 42.6 Å². The van der Waals surface area contributed by atoms with Gasteiger partial charge in [-0.25, -0.2) is 8.91 Å². The molecule has 0 aromatic carbocycles. The Kier molecular flexibility index (Phi) is 5.48. The van der Waals surface area contributed by atoms with E-state index in [1.54, 1.807) is 28.8 Å². The lowest BCUT2D eigenvalue weighted by Crippen LogP contribution is -2.42. The van der Waals surface area contributed by atoms with Gasteiger partial charge in [-0.05, 0) is 51.0 Å². The van der Waals surface area contributed by atoms with Crippen LogP contribution < -0.4 is 10.6 Å². The average Bonchev–Trinajstić information content (AvgIpc) is 3.44. The van der Waals surface area contributed by atoms with E-state index in [1.807, 2.05) is 6.07 Å². The van der Waals surface area contributed by atoms with E-state index in [2.05, 4.69) is 26.8 Å². The van der Waals surface area contributed by atoms with Crippen molar-refractivity contribution in [3.63, 3.8) is 0 Å². The molecule has 0 saturated heterocycles. The third-order valence-electron chi connectivity index (χ3n) is 5.59. The molecule has 4 rings (SSSR count). The summed E-state index contributed by atoms with van der Waals surface area (Å²) in [5.41, 5.74) is 0.462. The molecule has 168 valence electrons. The van der Waals surface area contributed by atoms with Gasteiger partial charge in [-0.3, -0.25) is 9.78 Å². The summed E-state index contributed by atoms with van der Waals surface area (Å²) in [4.78, 5) is 17.2. The predicted octanol–water partition coefficient (Wildman–Crippen LogP) is 2.57. The van der Waals surface area contributed by atoms with Gasteiger partial charge in [0.2, 0.25) is 0 Å². The van der Waals surface area contributed by atoms with Gasteiger partial charge >= 0.3 is 0 Å². The predicted molar refractivity (Wildman–Crippen MR) is 118 cm³/mol. The Morgan fingerprint density at radius 3 is 2.73 bits per heavy atom. The van der Waals surface area contributed by atoms with Gasteiger partial charge in [-0.1, -0.05) is 0 Å². The summed E-state index contributed by atoms with van der Waals surface area (Å²) in [6.07, 6.45) is 2.43. The smallest absolute Gasteiger partial charge is 0.255 e. The number of hydrogen-bond donors (Lipinski definition) is 3. The van der Waals surface area contributed by atoms with Crippen LogP contribution in [0.4, 0.5) is 10.1 Å². The van der Waals surface area contributed by atoms with Crippen LogP contribution in [0.15, 0.2) is 36.7 Å². The summed E-state index contributed by atoms with van der Waals surface area (Å²) in [6.45, 7) is 2.28. The van der Waals surface area contributed by atoms with Crippen LogP contribution >= 0.6 is 0 Å². The highest BCUT2D eigenvalue weighted by Crippen LogP contribution is 2.39. The van der Waals surface area contributed by atoms with Gasteiger partial charge in [0.1, 0.15) is 17.8 Å². The molecule has 1 atom stereocenters. The maximum absolute atomic E-state index is 14.1. The normalized spacial score (nSPS) is 15.3.